The zero-order valence-corrected chi connectivity index (χ0v) is 8.23. The molecule has 1 aromatic rings. The van der Waals surface area contributed by atoms with Crippen molar-refractivity contribution < 1.29 is 14.6 Å². The Labute approximate surface area is 82.5 Å². The van der Waals surface area contributed by atoms with Gasteiger partial charge in [0.1, 0.15) is 11.9 Å². The molecule has 14 heavy (non-hydrogen) atoms. The molecule has 76 valence electrons. The summed E-state index contributed by atoms with van der Waals surface area (Å²) < 4.78 is 4.92. The van der Waals surface area contributed by atoms with Crippen LogP contribution in [0.5, 0.6) is 5.75 Å². The minimum absolute atomic E-state index is 0.320. The third-order valence-corrected chi connectivity index (χ3v) is 1.92. The first-order chi connectivity index (χ1) is 6.69. The van der Waals surface area contributed by atoms with Crippen LogP contribution >= 0.6 is 0 Å². The molecular formula is C10H13NO3. The fourth-order valence-corrected chi connectivity index (χ4v) is 1.04. The fraction of sp³-hybridized carbons (Fsp3) is 0.400. The Bertz CT molecular complexity index is 325. The van der Waals surface area contributed by atoms with Crippen LogP contribution in [0.3, 0.4) is 0 Å². The lowest BCUT2D eigenvalue weighted by Gasteiger charge is -2.06. The molecule has 1 aromatic heterocycles. The van der Waals surface area contributed by atoms with Crippen molar-refractivity contribution in [1.29, 1.82) is 0 Å². The number of nitrogens with zero attached hydrogens (tertiary/aromatic N) is 1. The number of methoxy groups -OCH3 is 1. The maximum absolute atomic E-state index is 11.5. The normalized spacial score (nSPS) is 12.2. The zero-order chi connectivity index (χ0) is 10.6. The maximum atomic E-state index is 11.5. The summed E-state index contributed by atoms with van der Waals surface area (Å²) in [7, 11) is 1.50. The van der Waals surface area contributed by atoms with Gasteiger partial charge in [-0.2, -0.15) is 0 Å². The molecule has 0 aromatic carbocycles. The number of aliphatic hydroxyl groups is 1. The summed E-state index contributed by atoms with van der Waals surface area (Å²) >= 11 is 0. The Hall–Kier alpha value is -1.42. The highest BCUT2D eigenvalue weighted by Gasteiger charge is 2.15. The second-order valence-corrected chi connectivity index (χ2v) is 2.90. The topological polar surface area (TPSA) is 59.4 Å². The lowest BCUT2D eigenvalue weighted by molar-refractivity contribution is 0.0740. The Morgan fingerprint density at radius 1 is 1.64 bits per heavy atom. The summed E-state index contributed by atoms with van der Waals surface area (Å²) in [5.41, 5.74) is 0.374. The molecule has 0 aliphatic heterocycles. The lowest BCUT2D eigenvalue weighted by atomic mass is 10.1. The number of carbonyl (C=O) groups excluding carboxylic acids is 1. The number of aromatic nitrogens is 1. The fourth-order valence-electron chi connectivity index (χ4n) is 1.04. The monoisotopic (exact) mass is 195 g/mol. The third-order valence-electron chi connectivity index (χ3n) is 1.92. The molecule has 0 fully saturated rings. The van der Waals surface area contributed by atoms with Crippen LogP contribution in [0.25, 0.3) is 0 Å². The summed E-state index contributed by atoms with van der Waals surface area (Å²) in [5.74, 6) is 0.193. The molecule has 0 bridgehead atoms. The standard InChI is InChI=1S/C10H13NO3/c1-3-9(12)10(13)7-4-8(14-2)6-11-5-7/h4-6,9,12H,3H2,1-2H3. The van der Waals surface area contributed by atoms with Crippen LogP contribution in [0.4, 0.5) is 0 Å². The maximum Gasteiger partial charge on any atom is 0.192 e. The molecule has 0 aliphatic rings. The average molecular weight is 195 g/mol. The molecule has 1 rings (SSSR count). The van der Waals surface area contributed by atoms with Crippen molar-refractivity contribution >= 4 is 5.78 Å². The van der Waals surface area contributed by atoms with Gasteiger partial charge in [-0.1, -0.05) is 6.92 Å². The van der Waals surface area contributed by atoms with E-state index in [0.717, 1.165) is 0 Å². The number of hydrogen-bond donors (Lipinski definition) is 1. The SMILES string of the molecule is CCC(O)C(=O)c1cncc(OC)c1. The summed E-state index contributed by atoms with van der Waals surface area (Å²) in [6.45, 7) is 1.75. The average Bonchev–Trinajstić information content (AvgIpc) is 2.27. The van der Waals surface area contributed by atoms with Gasteiger partial charge in [-0.15, -0.1) is 0 Å². The first-order valence-electron chi connectivity index (χ1n) is 4.40. The van der Waals surface area contributed by atoms with E-state index in [1.165, 1.54) is 19.5 Å². The van der Waals surface area contributed by atoms with Crippen LogP contribution in [0.2, 0.25) is 0 Å². The molecule has 0 spiro atoms. The summed E-state index contributed by atoms with van der Waals surface area (Å²) in [6.07, 6.45) is 2.37. The van der Waals surface area contributed by atoms with Crippen LogP contribution in [0.15, 0.2) is 18.5 Å². The van der Waals surface area contributed by atoms with Crippen molar-refractivity contribution in [1.82, 2.24) is 4.98 Å². The molecule has 0 saturated carbocycles. The smallest absolute Gasteiger partial charge is 0.192 e. The summed E-state index contributed by atoms with van der Waals surface area (Å²) in [6, 6.07) is 1.56. The van der Waals surface area contributed by atoms with E-state index in [1.54, 1.807) is 13.0 Å². The van der Waals surface area contributed by atoms with E-state index in [1.807, 2.05) is 0 Å². The molecule has 0 aliphatic carbocycles. The number of Topliss-reactive ketones (excluding diaryl/α,β-unsaturated/α-hetero) is 1. The number of ketones is 1. The van der Waals surface area contributed by atoms with Crippen molar-refractivity contribution in [2.75, 3.05) is 7.11 Å². The summed E-state index contributed by atoms with van der Waals surface area (Å²) in [4.78, 5) is 15.3. The van der Waals surface area contributed by atoms with Gasteiger partial charge in [0.05, 0.1) is 13.3 Å². The van der Waals surface area contributed by atoms with Gasteiger partial charge in [-0.25, -0.2) is 0 Å². The van der Waals surface area contributed by atoms with Gasteiger partial charge in [0.25, 0.3) is 0 Å². The van der Waals surface area contributed by atoms with Gasteiger partial charge in [-0.05, 0) is 12.5 Å². The van der Waals surface area contributed by atoms with Crippen LogP contribution in [0.1, 0.15) is 23.7 Å². The third kappa shape index (κ3) is 2.29. The van der Waals surface area contributed by atoms with Gasteiger partial charge in [0, 0.05) is 11.8 Å². The van der Waals surface area contributed by atoms with Crippen LogP contribution in [-0.4, -0.2) is 29.1 Å². The van der Waals surface area contributed by atoms with Crippen molar-refractivity contribution in [3.63, 3.8) is 0 Å². The quantitative estimate of drug-likeness (QED) is 0.729. The molecule has 1 atom stereocenters. The molecule has 0 radical (unpaired) electrons. The van der Waals surface area contributed by atoms with Crippen molar-refractivity contribution in [2.24, 2.45) is 0 Å². The first kappa shape index (κ1) is 10.7. The number of carbonyl (C=O) groups is 1. The number of aliphatic hydroxyl groups excluding tert-OH is 1. The molecule has 1 heterocycles. The minimum atomic E-state index is -0.955. The van der Waals surface area contributed by atoms with Crippen molar-refractivity contribution in [3.05, 3.63) is 24.0 Å². The number of hydrogen-bond acceptors (Lipinski definition) is 4. The Balaban J connectivity index is 2.90. The molecule has 0 saturated heterocycles. The first-order valence-corrected chi connectivity index (χ1v) is 4.40. The van der Waals surface area contributed by atoms with Gasteiger partial charge in [0.15, 0.2) is 5.78 Å². The predicted octanol–water partition coefficient (Wildman–Crippen LogP) is 1.04. The largest absolute Gasteiger partial charge is 0.495 e. The van der Waals surface area contributed by atoms with Crippen molar-refractivity contribution in [3.8, 4) is 5.75 Å². The van der Waals surface area contributed by atoms with E-state index in [2.05, 4.69) is 4.98 Å². The van der Waals surface area contributed by atoms with Gasteiger partial charge in [-0.3, -0.25) is 9.78 Å². The predicted molar refractivity (Wildman–Crippen MR) is 51.4 cm³/mol. The van der Waals surface area contributed by atoms with Crippen LogP contribution in [-0.2, 0) is 0 Å². The van der Waals surface area contributed by atoms with E-state index < -0.39 is 6.10 Å². The van der Waals surface area contributed by atoms with E-state index in [-0.39, 0.29) is 5.78 Å². The number of ether oxygens (including phenoxy) is 1. The molecular weight excluding hydrogens is 182 g/mol. The molecule has 1 N–H and O–H groups in total. The molecule has 4 nitrogen and oxygen atoms in total. The van der Waals surface area contributed by atoms with Crippen LogP contribution in [0, 0.1) is 0 Å². The van der Waals surface area contributed by atoms with Crippen LogP contribution < -0.4 is 4.74 Å². The van der Waals surface area contributed by atoms with Crippen molar-refractivity contribution in [2.45, 2.75) is 19.4 Å². The number of pyridine rings is 1. The second-order valence-electron chi connectivity index (χ2n) is 2.90. The lowest BCUT2D eigenvalue weighted by Crippen LogP contribution is -2.19. The van der Waals surface area contributed by atoms with E-state index >= 15 is 0 Å². The Morgan fingerprint density at radius 2 is 2.36 bits per heavy atom. The van der Waals surface area contributed by atoms with Gasteiger partial charge >= 0.3 is 0 Å². The molecule has 0 amide bonds. The highest BCUT2D eigenvalue weighted by atomic mass is 16.5. The highest BCUT2D eigenvalue weighted by molar-refractivity contribution is 5.99. The van der Waals surface area contributed by atoms with E-state index in [9.17, 15) is 9.90 Å². The van der Waals surface area contributed by atoms with E-state index in [0.29, 0.717) is 17.7 Å². The number of rotatable bonds is 4. The van der Waals surface area contributed by atoms with E-state index in [4.69, 9.17) is 4.74 Å². The zero-order valence-electron chi connectivity index (χ0n) is 8.23. The molecule has 1 unspecified atom stereocenters. The second kappa shape index (κ2) is 4.72. The minimum Gasteiger partial charge on any atom is -0.495 e. The Morgan fingerprint density at radius 3 is 2.93 bits per heavy atom. The molecule has 4 heteroatoms. The van der Waals surface area contributed by atoms with Gasteiger partial charge < -0.3 is 9.84 Å². The Kier molecular flexibility index (Phi) is 3.59. The highest BCUT2D eigenvalue weighted by Crippen LogP contribution is 2.12. The summed E-state index contributed by atoms with van der Waals surface area (Å²) in [5, 5.41) is 9.33. The van der Waals surface area contributed by atoms with Gasteiger partial charge in [0.2, 0.25) is 0 Å².